The van der Waals surface area contributed by atoms with Crippen LogP contribution in [0.4, 0.5) is 5.95 Å². The fourth-order valence-electron chi connectivity index (χ4n) is 2.63. The Bertz CT molecular complexity index is 733. The molecule has 1 atom stereocenters. The van der Waals surface area contributed by atoms with Crippen LogP contribution in [-0.4, -0.2) is 33.3 Å². The monoisotopic (exact) mass is 299 g/mol. The van der Waals surface area contributed by atoms with Crippen molar-refractivity contribution in [3.05, 3.63) is 46.7 Å². The Hall–Kier alpha value is -2.70. The number of aryl methyl sites for hydroxylation is 1. The lowest BCUT2D eigenvalue weighted by Gasteiger charge is -2.27. The van der Waals surface area contributed by atoms with Gasteiger partial charge in [-0.2, -0.15) is 4.68 Å². The predicted molar refractivity (Wildman–Crippen MR) is 80.1 cm³/mol. The molecule has 0 radical (unpaired) electrons. The zero-order valence-electron chi connectivity index (χ0n) is 12.7. The number of tetrazole rings is 1. The number of nitrogens with one attached hydrogen (secondary N) is 1. The number of esters is 1. The van der Waals surface area contributed by atoms with Crippen LogP contribution in [0.25, 0.3) is 0 Å². The topological polar surface area (TPSA) is 81.9 Å². The molecular formula is C15H17N5O2. The average molecular weight is 299 g/mol. The highest BCUT2D eigenvalue weighted by Gasteiger charge is 2.34. The first-order chi connectivity index (χ1) is 10.7. The van der Waals surface area contributed by atoms with E-state index in [1.54, 1.807) is 4.68 Å². The van der Waals surface area contributed by atoms with Crippen LogP contribution in [0, 0.1) is 0 Å². The molecule has 2 heterocycles. The number of fused-ring (bicyclic) bond motifs is 1. The Balaban J connectivity index is 2.13. The van der Waals surface area contributed by atoms with Gasteiger partial charge in [0.05, 0.1) is 12.7 Å². The molecule has 1 aromatic carbocycles. The van der Waals surface area contributed by atoms with Gasteiger partial charge in [0.25, 0.3) is 0 Å². The number of ether oxygens (including phenoxy) is 1. The molecule has 1 aliphatic heterocycles. The van der Waals surface area contributed by atoms with Crippen LogP contribution in [0.2, 0.25) is 0 Å². The average Bonchev–Trinajstić information content (AvgIpc) is 3.00. The summed E-state index contributed by atoms with van der Waals surface area (Å²) in [7, 11) is 1.37. The Morgan fingerprint density at radius 3 is 2.73 bits per heavy atom. The molecule has 3 rings (SSSR count). The highest BCUT2D eigenvalue weighted by atomic mass is 16.5. The SMILES string of the molecule is CCc1ccc([C@H]2C(C(=O)OC)=C(C)Nc3nnnn32)cc1. The minimum absolute atomic E-state index is 0.393. The zero-order valence-corrected chi connectivity index (χ0v) is 12.7. The van der Waals surface area contributed by atoms with Crippen molar-refractivity contribution in [2.45, 2.75) is 26.3 Å². The van der Waals surface area contributed by atoms with E-state index in [1.165, 1.54) is 12.7 Å². The molecule has 0 amide bonds. The second-order valence-corrected chi connectivity index (χ2v) is 5.10. The number of carbonyl (C=O) groups is 1. The summed E-state index contributed by atoms with van der Waals surface area (Å²) in [5.74, 6) is 0.116. The number of hydrogen-bond acceptors (Lipinski definition) is 6. The maximum Gasteiger partial charge on any atom is 0.338 e. The standard InChI is InChI=1S/C15H17N5O2/c1-4-10-5-7-11(8-6-10)13-12(14(21)22-3)9(2)16-15-17-18-19-20(13)15/h5-8,13H,4H2,1-3H3,(H,16,17,19)/t13-/m0/s1. The van der Waals surface area contributed by atoms with E-state index in [1.807, 2.05) is 31.2 Å². The summed E-state index contributed by atoms with van der Waals surface area (Å²) in [6, 6.07) is 7.69. The van der Waals surface area contributed by atoms with E-state index in [2.05, 4.69) is 27.8 Å². The van der Waals surface area contributed by atoms with Gasteiger partial charge in [-0.05, 0) is 34.9 Å². The first-order valence-corrected chi connectivity index (χ1v) is 7.08. The highest BCUT2D eigenvalue weighted by Crippen LogP contribution is 2.34. The van der Waals surface area contributed by atoms with Gasteiger partial charge in [0.1, 0.15) is 6.04 Å². The van der Waals surface area contributed by atoms with Crippen LogP contribution < -0.4 is 5.32 Å². The van der Waals surface area contributed by atoms with E-state index >= 15 is 0 Å². The lowest BCUT2D eigenvalue weighted by molar-refractivity contribution is -0.136. The number of rotatable bonds is 3. The number of hydrogen-bond donors (Lipinski definition) is 1. The number of methoxy groups -OCH3 is 1. The third-order valence-electron chi connectivity index (χ3n) is 3.82. The lowest BCUT2D eigenvalue weighted by atomic mass is 9.95. The molecule has 1 N–H and O–H groups in total. The Morgan fingerprint density at radius 1 is 1.36 bits per heavy atom. The predicted octanol–water partition coefficient (Wildman–Crippen LogP) is 1.70. The minimum Gasteiger partial charge on any atom is -0.466 e. The van der Waals surface area contributed by atoms with Gasteiger partial charge in [0.15, 0.2) is 0 Å². The van der Waals surface area contributed by atoms with Crippen molar-refractivity contribution in [3.63, 3.8) is 0 Å². The van der Waals surface area contributed by atoms with Crippen molar-refractivity contribution in [2.75, 3.05) is 12.4 Å². The molecule has 0 aliphatic carbocycles. The first-order valence-electron chi connectivity index (χ1n) is 7.08. The number of nitrogens with zero attached hydrogens (tertiary/aromatic N) is 4. The van der Waals surface area contributed by atoms with Crippen molar-refractivity contribution in [1.82, 2.24) is 20.2 Å². The number of aromatic nitrogens is 4. The molecule has 0 unspecified atom stereocenters. The molecule has 7 nitrogen and oxygen atoms in total. The van der Waals surface area contributed by atoms with Gasteiger partial charge in [0, 0.05) is 5.70 Å². The summed E-state index contributed by atoms with van der Waals surface area (Å²) >= 11 is 0. The second-order valence-electron chi connectivity index (χ2n) is 5.10. The molecule has 2 aromatic rings. The van der Waals surface area contributed by atoms with Crippen molar-refractivity contribution < 1.29 is 9.53 Å². The lowest BCUT2D eigenvalue weighted by Crippen LogP contribution is -2.29. The van der Waals surface area contributed by atoms with Crippen molar-refractivity contribution in [1.29, 1.82) is 0 Å². The van der Waals surface area contributed by atoms with Gasteiger partial charge in [-0.1, -0.05) is 36.3 Å². The third-order valence-corrected chi connectivity index (χ3v) is 3.82. The van der Waals surface area contributed by atoms with E-state index < -0.39 is 12.0 Å². The van der Waals surface area contributed by atoms with Crippen LogP contribution in [0.3, 0.4) is 0 Å². The number of allylic oxidation sites excluding steroid dienone is 1. The molecule has 0 saturated heterocycles. The van der Waals surface area contributed by atoms with Crippen molar-refractivity contribution in [3.8, 4) is 0 Å². The Kier molecular flexibility index (Phi) is 3.62. The molecular weight excluding hydrogens is 282 g/mol. The Labute approximate surface area is 128 Å². The molecule has 0 spiro atoms. The zero-order chi connectivity index (χ0) is 15.7. The number of carbonyl (C=O) groups excluding carboxylic acids is 1. The highest BCUT2D eigenvalue weighted by molar-refractivity contribution is 5.92. The van der Waals surface area contributed by atoms with Crippen LogP contribution in [0.5, 0.6) is 0 Å². The first kappa shape index (κ1) is 14.2. The summed E-state index contributed by atoms with van der Waals surface area (Å²) in [5.41, 5.74) is 3.37. The number of benzene rings is 1. The van der Waals surface area contributed by atoms with Gasteiger partial charge in [-0.3, -0.25) is 0 Å². The van der Waals surface area contributed by atoms with Crippen molar-refractivity contribution >= 4 is 11.9 Å². The van der Waals surface area contributed by atoms with Gasteiger partial charge in [-0.15, -0.1) is 0 Å². The fourth-order valence-corrected chi connectivity index (χ4v) is 2.63. The van der Waals surface area contributed by atoms with Crippen LogP contribution in [0.15, 0.2) is 35.5 Å². The largest absolute Gasteiger partial charge is 0.466 e. The molecule has 0 saturated carbocycles. The smallest absolute Gasteiger partial charge is 0.338 e. The molecule has 0 bridgehead atoms. The molecule has 7 heteroatoms. The second kappa shape index (κ2) is 5.59. The van der Waals surface area contributed by atoms with Crippen LogP contribution >= 0.6 is 0 Å². The van der Waals surface area contributed by atoms with E-state index in [4.69, 9.17) is 4.74 Å². The van der Waals surface area contributed by atoms with E-state index in [-0.39, 0.29) is 0 Å². The number of anilines is 1. The van der Waals surface area contributed by atoms with Gasteiger partial charge >= 0.3 is 5.97 Å². The molecule has 1 aromatic heterocycles. The molecule has 0 fully saturated rings. The van der Waals surface area contributed by atoms with E-state index in [0.29, 0.717) is 17.2 Å². The van der Waals surface area contributed by atoms with Gasteiger partial charge < -0.3 is 10.1 Å². The normalized spacial score (nSPS) is 17.0. The molecule has 1 aliphatic rings. The van der Waals surface area contributed by atoms with Gasteiger partial charge in [0.2, 0.25) is 5.95 Å². The van der Waals surface area contributed by atoms with Crippen LogP contribution in [-0.2, 0) is 16.0 Å². The van der Waals surface area contributed by atoms with Crippen LogP contribution in [0.1, 0.15) is 31.0 Å². The van der Waals surface area contributed by atoms with Gasteiger partial charge in [-0.25, -0.2) is 4.79 Å². The summed E-state index contributed by atoms with van der Waals surface area (Å²) in [4.78, 5) is 12.2. The maximum absolute atomic E-state index is 12.2. The summed E-state index contributed by atoms with van der Waals surface area (Å²) in [5, 5.41) is 14.7. The quantitative estimate of drug-likeness (QED) is 0.869. The third kappa shape index (κ3) is 2.24. The summed E-state index contributed by atoms with van der Waals surface area (Å²) < 4.78 is 6.53. The molecule has 114 valence electrons. The Morgan fingerprint density at radius 2 is 2.09 bits per heavy atom. The fraction of sp³-hybridized carbons (Fsp3) is 0.333. The minimum atomic E-state index is -0.399. The summed E-state index contributed by atoms with van der Waals surface area (Å²) in [6.07, 6.45) is 0.960. The maximum atomic E-state index is 12.2. The summed E-state index contributed by atoms with van der Waals surface area (Å²) in [6.45, 7) is 3.92. The molecule has 22 heavy (non-hydrogen) atoms. The van der Waals surface area contributed by atoms with E-state index in [0.717, 1.165) is 12.0 Å². The van der Waals surface area contributed by atoms with Crippen molar-refractivity contribution in [2.24, 2.45) is 0 Å². The van der Waals surface area contributed by atoms with E-state index in [9.17, 15) is 4.79 Å².